The predicted octanol–water partition coefficient (Wildman–Crippen LogP) is 3.39. The van der Waals surface area contributed by atoms with Crippen molar-refractivity contribution in [1.29, 1.82) is 0 Å². The monoisotopic (exact) mass is 478 g/mol. The maximum absolute atomic E-state index is 13.3. The summed E-state index contributed by atoms with van der Waals surface area (Å²) in [7, 11) is 0. The molecule has 0 atom stereocenters. The molecule has 0 bridgehead atoms. The minimum Gasteiger partial charge on any atom is -0.367 e. The summed E-state index contributed by atoms with van der Waals surface area (Å²) < 4.78 is 13.2. The number of carbonyl (C=O) groups is 3. The van der Waals surface area contributed by atoms with Crippen molar-refractivity contribution in [1.82, 2.24) is 14.8 Å². The van der Waals surface area contributed by atoms with Crippen LogP contribution in [0.2, 0.25) is 0 Å². The van der Waals surface area contributed by atoms with Crippen LogP contribution in [0.15, 0.2) is 47.8 Å². The summed E-state index contributed by atoms with van der Waals surface area (Å²) in [5, 5.41) is 2.63. The SMILES string of the molecule is Cc1nc(C(=O)N2CCN(c3cccc4c3C(=O)N(CCc3ccc(F)cc3)C4=O)CC2)cs1. The zero-order chi connectivity index (χ0) is 23.8. The van der Waals surface area contributed by atoms with Crippen molar-refractivity contribution in [2.45, 2.75) is 13.3 Å². The number of aryl methyl sites for hydroxylation is 1. The van der Waals surface area contributed by atoms with E-state index in [2.05, 4.69) is 9.88 Å². The van der Waals surface area contributed by atoms with Crippen LogP contribution in [0.3, 0.4) is 0 Å². The highest BCUT2D eigenvalue weighted by Crippen LogP contribution is 2.32. The maximum Gasteiger partial charge on any atom is 0.273 e. The standard InChI is InChI=1S/C25H23FN4O3S/c1-16-27-20(15-34-16)24(32)29-13-11-28(12-14-29)21-4-2-3-19-22(21)25(33)30(23(19)31)10-9-17-5-7-18(26)8-6-17/h2-8,15H,9-14H2,1H3. The molecule has 3 heterocycles. The van der Waals surface area contributed by atoms with Gasteiger partial charge in [-0.25, -0.2) is 9.37 Å². The summed E-state index contributed by atoms with van der Waals surface area (Å²) in [5.74, 6) is -1.02. The van der Waals surface area contributed by atoms with E-state index < -0.39 is 0 Å². The fourth-order valence-electron chi connectivity index (χ4n) is 4.45. The Labute approximate surface area is 200 Å². The maximum atomic E-state index is 13.3. The lowest BCUT2D eigenvalue weighted by atomic mass is 10.1. The average Bonchev–Trinajstić information content (AvgIpc) is 3.39. The third kappa shape index (κ3) is 4.07. The van der Waals surface area contributed by atoms with Crippen LogP contribution in [-0.4, -0.2) is 65.2 Å². The van der Waals surface area contributed by atoms with Gasteiger partial charge in [-0.3, -0.25) is 19.3 Å². The zero-order valence-electron chi connectivity index (χ0n) is 18.7. The molecule has 1 saturated heterocycles. The first kappa shape index (κ1) is 22.2. The molecule has 2 aliphatic rings. The number of aromatic nitrogens is 1. The molecule has 3 amide bonds. The van der Waals surface area contributed by atoms with Gasteiger partial charge in [-0.15, -0.1) is 11.3 Å². The molecule has 174 valence electrons. The van der Waals surface area contributed by atoms with Crippen molar-refractivity contribution < 1.29 is 18.8 Å². The molecule has 3 aromatic rings. The Bertz CT molecular complexity index is 1270. The van der Waals surface area contributed by atoms with E-state index in [1.54, 1.807) is 34.5 Å². The van der Waals surface area contributed by atoms with Crippen LogP contribution >= 0.6 is 11.3 Å². The smallest absolute Gasteiger partial charge is 0.273 e. The van der Waals surface area contributed by atoms with Gasteiger partial charge in [0.25, 0.3) is 17.7 Å². The number of carbonyl (C=O) groups excluding carboxylic acids is 3. The molecular weight excluding hydrogens is 455 g/mol. The lowest BCUT2D eigenvalue weighted by Crippen LogP contribution is -2.49. The molecular formula is C25H23FN4O3S. The minimum absolute atomic E-state index is 0.0829. The second-order valence-electron chi connectivity index (χ2n) is 8.37. The molecule has 0 unspecified atom stereocenters. The molecule has 0 saturated carbocycles. The molecule has 7 nitrogen and oxygen atoms in total. The normalized spacial score (nSPS) is 15.8. The van der Waals surface area contributed by atoms with Gasteiger partial charge >= 0.3 is 0 Å². The number of piperazine rings is 1. The van der Waals surface area contributed by atoms with E-state index in [0.717, 1.165) is 16.3 Å². The van der Waals surface area contributed by atoms with Gasteiger partial charge in [0.05, 0.1) is 21.8 Å². The Kier molecular flexibility index (Phi) is 5.87. The summed E-state index contributed by atoms with van der Waals surface area (Å²) in [6.07, 6.45) is 0.456. The molecule has 0 radical (unpaired) electrons. The third-order valence-electron chi connectivity index (χ3n) is 6.26. The Hall–Kier alpha value is -3.59. The van der Waals surface area contributed by atoms with Gasteiger partial charge in [-0.05, 0) is 43.2 Å². The number of thiazole rings is 1. The zero-order valence-corrected chi connectivity index (χ0v) is 19.5. The number of anilines is 1. The second-order valence-corrected chi connectivity index (χ2v) is 9.43. The molecule has 34 heavy (non-hydrogen) atoms. The number of halogens is 1. The van der Waals surface area contributed by atoms with E-state index >= 15 is 0 Å². The molecule has 0 N–H and O–H groups in total. The summed E-state index contributed by atoms with van der Waals surface area (Å²) in [4.78, 5) is 48.3. The number of hydrogen-bond acceptors (Lipinski definition) is 6. The molecule has 1 aromatic heterocycles. The van der Waals surface area contributed by atoms with Crippen LogP contribution in [0, 0.1) is 12.7 Å². The Morgan fingerprint density at radius 2 is 1.76 bits per heavy atom. The Balaban J connectivity index is 1.29. The van der Waals surface area contributed by atoms with Crippen LogP contribution in [0.4, 0.5) is 10.1 Å². The molecule has 0 spiro atoms. The van der Waals surface area contributed by atoms with Gasteiger partial charge < -0.3 is 9.80 Å². The number of rotatable bonds is 5. The molecule has 0 aliphatic carbocycles. The van der Waals surface area contributed by atoms with Gasteiger partial charge in [0.15, 0.2) is 0 Å². The van der Waals surface area contributed by atoms with Gasteiger partial charge in [0.2, 0.25) is 0 Å². The number of hydrogen-bond donors (Lipinski definition) is 0. The van der Waals surface area contributed by atoms with E-state index in [1.807, 2.05) is 13.0 Å². The van der Waals surface area contributed by atoms with Gasteiger partial charge in [-0.2, -0.15) is 0 Å². The number of fused-ring (bicyclic) bond motifs is 1. The van der Waals surface area contributed by atoms with Gasteiger partial charge in [-0.1, -0.05) is 18.2 Å². The van der Waals surface area contributed by atoms with Crippen molar-refractivity contribution >= 4 is 34.7 Å². The minimum atomic E-state index is -0.322. The van der Waals surface area contributed by atoms with Crippen LogP contribution in [0.25, 0.3) is 0 Å². The fraction of sp³-hybridized carbons (Fsp3) is 0.280. The summed E-state index contributed by atoms with van der Waals surface area (Å²) in [5.41, 5.74) is 2.86. The third-order valence-corrected chi connectivity index (χ3v) is 7.03. The quantitative estimate of drug-likeness (QED) is 0.526. The number of benzene rings is 2. The Morgan fingerprint density at radius 1 is 1.03 bits per heavy atom. The highest BCUT2D eigenvalue weighted by Gasteiger charge is 2.38. The van der Waals surface area contributed by atoms with E-state index in [1.165, 1.54) is 28.4 Å². The van der Waals surface area contributed by atoms with Crippen LogP contribution in [0.1, 0.15) is 41.8 Å². The Morgan fingerprint density at radius 3 is 2.44 bits per heavy atom. The molecule has 2 aliphatic heterocycles. The largest absolute Gasteiger partial charge is 0.367 e. The summed E-state index contributed by atoms with van der Waals surface area (Å²) in [6, 6.07) is 11.4. The fourth-order valence-corrected chi connectivity index (χ4v) is 5.04. The van der Waals surface area contributed by atoms with Crippen LogP contribution < -0.4 is 4.90 Å². The summed E-state index contributed by atoms with van der Waals surface area (Å²) >= 11 is 1.45. The highest BCUT2D eigenvalue weighted by atomic mass is 32.1. The van der Waals surface area contributed by atoms with Crippen molar-refractivity contribution in [3.8, 4) is 0 Å². The highest BCUT2D eigenvalue weighted by molar-refractivity contribution is 7.09. The van der Waals surface area contributed by atoms with Gasteiger partial charge in [0, 0.05) is 38.1 Å². The van der Waals surface area contributed by atoms with Crippen molar-refractivity contribution in [3.63, 3.8) is 0 Å². The van der Waals surface area contributed by atoms with Crippen molar-refractivity contribution in [2.24, 2.45) is 0 Å². The summed E-state index contributed by atoms with van der Waals surface area (Å²) in [6.45, 7) is 4.24. The van der Waals surface area contributed by atoms with E-state index in [0.29, 0.717) is 49.4 Å². The van der Waals surface area contributed by atoms with Crippen molar-refractivity contribution in [2.75, 3.05) is 37.6 Å². The van der Waals surface area contributed by atoms with Crippen LogP contribution in [-0.2, 0) is 6.42 Å². The lowest BCUT2D eigenvalue weighted by Gasteiger charge is -2.36. The number of nitrogens with zero attached hydrogens (tertiary/aromatic N) is 4. The van der Waals surface area contributed by atoms with E-state index in [9.17, 15) is 18.8 Å². The first-order chi connectivity index (χ1) is 16.4. The topological polar surface area (TPSA) is 73.8 Å². The molecule has 5 rings (SSSR count). The van der Waals surface area contributed by atoms with Crippen molar-refractivity contribution in [3.05, 3.63) is 81.1 Å². The second kappa shape index (κ2) is 8.98. The lowest BCUT2D eigenvalue weighted by molar-refractivity contribution is 0.0654. The first-order valence-electron chi connectivity index (χ1n) is 11.1. The van der Waals surface area contributed by atoms with Crippen LogP contribution in [0.5, 0.6) is 0 Å². The predicted molar refractivity (Wildman–Crippen MR) is 127 cm³/mol. The average molecular weight is 479 g/mol. The number of amides is 3. The van der Waals surface area contributed by atoms with E-state index in [4.69, 9.17) is 0 Å². The molecule has 2 aromatic carbocycles. The number of imide groups is 1. The molecule has 9 heteroatoms. The first-order valence-corrected chi connectivity index (χ1v) is 12.0. The molecule has 1 fully saturated rings. The van der Waals surface area contributed by atoms with Gasteiger partial charge in [0.1, 0.15) is 11.5 Å². The van der Waals surface area contributed by atoms with E-state index in [-0.39, 0.29) is 30.1 Å².